The molecule has 0 amide bonds. The maximum atomic E-state index is 11.4. The van der Waals surface area contributed by atoms with Gasteiger partial charge in [-0.05, 0) is 42.3 Å². The van der Waals surface area contributed by atoms with Gasteiger partial charge in [-0.2, -0.15) is 5.26 Å². The molecule has 6 nitrogen and oxygen atoms in total. The number of rotatable bonds is 5. The van der Waals surface area contributed by atoms with Crippen LogP contribution in [0.2, 0.25) is 0 Å². The third kappa shape index (κ3) is 3.98. The Balaban J connectivity index is 1.81. The molecule has 1 N–H and O–H groups in total. The molecule has 3 rings (SSSR count). The number of sulfonamides is 1. The molecule has 0 saturated heterocycles. The average molecular weight is 354 g/mol. The number of benzene rings is 2. The summed E-state index contributed by atoms with van der Waals surface area (Å²) in [6.45, 7) is 0. The lowest BCUT2D eigenvalue weighted by Gasteiger charge is -2.04. The van der Waals surface area contributed by atoms with Crippen molar-refractivity contribution in [3.63, 3.8) is 0 Å². The third-order valence-corrected chi connectivity index (χ3v) is 4.60. The first kappa shape index (κ1) is 17.0. The van der Waals surface area contributed by atoms with E-state index in [9.17, 15) is 8.42 Å². The maximum Gasteiger partial charge on any atom is 0.229 e. The number of hydrogen-bond acceptors (Lipinski definition) is 4. The van der Waals surface area contributed by atoms with E-state index in [2.05, 4.69) is 15.8 Å². The van der Waals surface area contributed by atoms with Crippen LogP contribution in [-0.4, -0.2) is 24.2 Å². The Morgan fingerprint density at radius 3 is 2.52 bits per heavy atom. The molecular formula is C18H18N4O2S. The van der Waals surface area contributed by atoms with Crippen LogP contribution in [0.1, 0.15) is 17.0 Å². The smallest absolute Gasteiger partial charge is 0.229 e. The number of imidazole rings is 1. The first-order chi connectivity index (χ1) is 11.9. The van der Waals surface area contributed by atoms with E-state index in [0.29, 0.717) is 11.3 Å². The number of aromatic nitrogens is 2. The lowest BCUT2D eigenvalue weighted by atomic mass is 10.1. The van der Waals surface area contributed by atoms with Gasteiger partial charge < -0.3 is 4.57 Å². The van der Waals surface area contributed by atoms with E-state index >= 15 is 0 Å². The molecule has 0 unspecified atom stereocenters. The van der Waals surface area contributed by atoms with Crippen molar-refractivity contribution in [3.05, 3.63) is 59.4 Å². The van der Waals surface area contributed by atoms with Gasteiger partial charge in [0.2, 0.25) is 10.0 Å². The van der Waals surface area contributed by atoms with E-state index in [4.69, 9.17) is 5.26 Å². The number of anilines is 1. The van der Waals surface area contributed by atoms with Crippen LogP contribution in [0.15, 0.2) is 42.5 Å². The second kappa shape index (κ2) is 6.57. The second-order valence-corrected chi connectivity index (χ2v) is 7.72. The summed E-state index contributed by atoms with van der Waals surface area (Å²) in [4.78, 5) is 4.63. The fourth-order valence-electron chi connectivity index (χ4n) is 2.75. The summed E-state index contributed by atoms with van der Waals surface area (Å²) in [6, 6.07) is 15.0. The molecule has 0 spiro atoms. The van der Waals surface area contributed by atoms with Crippen LogP contribution < -0.4 is 4.72 Å². The first-order valence-electron chi connectivity index (χ1n) is 7.78. The highest BCUT2D eigenvalue weighted by molar-refractivity contribution is 7.92. The highest BCUT2D eigenvalue weighted by atomic mass is 32.2. The molecule has 1 aromatic heterocycles. The Hall–Kier alpha value is -2.85. The molecule has 0 aliphatic rings. The highest BCUT2D eigenvalue weighted by Gasteiger charge is 2.10. The first-order valence-corrected chi connectivity index (χ1v) is 9.67. The summed E-state index contributed by atoms with van der Waals surface area (Å²) < 4.78 is 27.2. The number of nitriles is 1. The molecule has 7 heteroatoms. The van der Waals surface area contributed by atoms with Gasteiger partial charge in [0.05, 0.1) is 34.6 Å². The Morgan fingerprint density at radius 1 is 1.16 bits per heavy atom. The molecule has 0 saturated carbocycles. The van der Waals surface area contributed by atoms with Crippen LogP contribution in [0.25, 0.3) is 11.0 Å². The summed E-state index contributed by atoms with van der Waals surface area (Å²) >= 11 is 0. The van der Waals surface area contributed by atoms with Crippen molar-refractivity contribution in [2.45, 2.75) is 12.8 Å². The topological polar surface area (TPSA) is 87.8 Å². The monoisotopic (exact) mass is 354 g/mol. The van der Waals surface area contributed by atoms with Gasteiger partial charge in [0.25, 0.3) is 0 Å². The molecule has 2 aromatic carbocycles. The maximum absolute atomic E-state index is 11.4. The molecule has 3 aromatic rings. The van der Waals surface area contributed by atoms with Crippen LogP contribution in [-0.2, 0) is 29.9 Å². The van der Waals surface area contributed by atoms with Crippen LogP contribution in [0.4, 0.5) is 5.69 Å². The lowest BCUT2D eigenvalue weighted by molar-refractivity contribution is 0.607. The lowest BCUT2D eigenvalue weighted by Crippen LogP contribution is -2.09. The fourth-order valence-corrected chi connectivity index (χ4v) is 3.31. The molecule has 0 aliphatic carbocycles. The number of nitrogens with one attached hydrogen (secondary N) is 1. The SMILES string of the molecule is Cn1c(CCc2ccc(C#N)cc2)nc2cc(NS(C)(=O)=O)ccc21. The summed E-state index contributed by atoms with van der Waals surface area (Å²) in [5.41, 5.74) is 4.01. The van der Waals surface area contributed by atoms with Crippen LogP contribution in [0.5, 0.6) is 0 Å². The molecule has 128 valence electrons. The quantitative estimate of drug-likeness (QED) is 0.763. The van der Waals surface area contributed by atoms with Crippen LogP contribution in [0.3, 0.4) is 0 Å². The van der Waals surface area contributed by atoms with Crippen molar-refractivity contribution < 1.29 is 8.42 Å². The molecule has 0 atom stereocenters. The van der Waals surface area contributed by atoms with Gasteiger partial charge in [0.1, 0.15) is 5.82 Å². The highest BCUT2D eigenvalue weighted by Crippen LogP contribution is 2.21. The summed E-state index contributed by atoms with van der Waals surface area (Å²) in [5.74, 6) is 0.927. The van der Waals surface area contributed by atoms with Crippen LogP contribution in [0, 0.1) is 11.3 Å². The fraction of sp³-hybridized carbons (Fsp3) is 0.222. The average Bonchev–Trinajstić information content (AvgIpc) is 2.87. The van der Waals surface area contributed by atoms with Crippen molar-refractivity contribution in [3.8, 4) is 6.07 Å². The van der Waals surface area contributed by atoms with E-state index in [1.807, 2.05) is 41.9 Å². The van der Waals surface area contributed by atoms with Crippen LogP contribution >= 0.6 is 0 Å². The third-order valence-electron chi connectivity index (χ3n) is 4.00. The molecule has 1 heterocycles. The predicted octanol–water partition coefficient (Wildman–Crippen LogP) is 2.60. The number of hydrogen-bond donors (Lipinski definition) is 1. The van der Waals surface area contributed by atoms with Gasteiger partial charge in [0, 0.05) is 13.5 Å². The molecule has 0 aliphatic heterocycles. The zero-order valence-corrected chi connectivity index (χ0v) is 14.8. The predicted molar refractivity (Wildman–Crippen MR) is 97.7 cm³/mol. The Labute approximate surface area is 146 Å². The largest absolute Gasteiger partial charge is 0.331 e. The van der Waals surface area contributed by atoms with Crippen molar-refractivity contribution in [2.75, 3.05) is 11.0 Å². The van der Waals surface area contributed by atoms with E-state index in [-0.39, 0.29) is 0 Å². The van der Waals surface area contributed by atoms with Crippen molar-refractivity contribution >= 4 is 26.7 Å². The normalized spacial score (nSPS) is 11.4. The minimum absolute atomic E-state index is 0.506. The van der Waals surface area contributed by atoms with Gasteiger partial charge in [-0.25, -0.2) is 13.4 Å². The number of nitrogens with zero attached hydrogens (tertiary/aromatic N) is 3. The standard InChI is InChI=1S/C18H18N4O2S/c1-22-17-9-8-15(21-25(2,23)24)11-16(17)20-18(22)10-7-13-3-5-14(12-19)6-4-13/h3-6,8-9,11,21H,7,10H2,1-2H3. The Bertz CT molecular complexity index is 1060. The number of fused-ring (bicyclic) bond motifs is 1. The summed E-state index contributed by atoms with van der Waals surface area (Å²) in [5, 5.41) is 8.84. The molecular weight excluding hydrogens is 336 g/mol. The summed E-state index contributed by atoms with van der Waals surface area (Å²) in [6.07, 6.45) is 2.70. The van der Waals surface area contributed by atoms with Crippen molar-refractivity contribution in [1.29, 1.82) is 5.26 Å². The molecule has 0 fully saturated rings. The van der Waals surface area contributed by atoms with Crippen molar-refractivity contribution in [2.24, 2.45) is 7.05 Å². The molecule has 25 heavy (non-hydrogen) atoms. The van der Waals surface area contributed by atoms with Crippen molar-refractivity contribution in [1.82, 2.24) is 9.55 Å². The summed E-state index contributed by atoms with van der Waals surface area (Å²) in [7, 11) is -1.36. The van der Waals surface area contributed by atoms with E-state index in [0.717, 1.165) is 41.5 Å². The van der Waals surface area contributed by atoms with E-state index in [1.54, 1.807) is 12.1 Å². The minimum atomic E-state index is -3.31. The van der Waals surface area contributed by atoms with E-state index in [1.165, 1.54) is 0 Å². The number of aryl methyl sites for hydroxylation is 3. The van der Waals surface area contributed by atoms with E-state index < -0.39 is 10.0 Å². The Morgan fingerprint density at radius 2 is 1.88 bits per heavy atom. The van der Waals surface area contributed by atoms with Gasteiger partial charge in [-0.1, -0.05) is 12.1 Å². The molecule has 0 bridgehead atoms. The van der Waals surface area contributed by atoms with Gasteiger partial charge in [-0.15, -0.1) is 0 Å². The second-order valence-electron chi connectivity index (χ2n) is 5.97. The Kier molecular flexibility index (Phi) is 4.47. The van der Waals surface area contributed by atoms with Gasteiger partial charge >= 0.3 is 0 Å². The zero-order valence-electron chi connectivity index (χ0n) is 14.0. The zero-order chi connectivity index (χ0) is 18.0. The minimum Gasteiger partial charge on any atom is -0.331 e. The van der Waals surface area contributed by atoms with Gasteiger partial charge in [-0.3, -0.25) is 4.72 Å². The van der Waals surface area contributed by atoms with Gasteiger partial charge in [0.15, 0.2) is 0 Å². The molecule has 0 radical (unpaired) electrons.